The second kappa shape index (κ2) is 8.74. The first kappa shape index (κ1) is 20.3. The summed E-state index contributed by atoms with van der Waals surface area (Å²) in [4.78, 5) is 27.3. The number of carbonyl (C=O) groups excluding carboxylic acids is 2. The Balaban J connectivity index is 1.86. The predicted octanol–water partition coefficient (Wildman–Crippen LogP) is 2.86. The molecule has 5 heteroatoms. The number of benzene rings is 2. The summed E-state index contributed by atoms with van der Waals surface area (Å²) in [6.45, 7) is 6.85. The fourth-order valence-corrected chi connectivity index (χ4v) is 4.04. The van der Waals surface area contributed by atoms with Crippen molar-refractivity contribution in [2.24, 2.45) is 11.7 Å². The molecule has 3 N–H and O–H groups in total. The average molecular weight is 382 g/mol. The lowest BCUT2D eigenvalue weighted by atomic mass is 9.98. The molecule has 1 heterocycles. The van der Waals surface area contributed by atoms with Crippen molar-refractivity contribution >= 4 is 22.6 Å². The van der Waals surface area contributed by atoms with Crippen LogP contribution in [0.4, 0.5) is 0 Å². The Bertz CT molecular complexity index is 849. The molecule has 1 aliphatic heterocycles. The Morgan fingerprint density at radius 3 is 2.61 bits per heavy atom. The highest BCUT2D eigenvalue weighted by Crippen LogP contribution is 2.21. The van der Waals surface area contributed by atoms with Gasteiger partial charge in [-0.1, -0.05) is 56.3 Å². The largest absolute Gasteiger partial charge is 0.368 e. The zero-order valence-corrected chi connectivity index (χ0v) is 17.0. The van der Waals surface area contributed by atoms with Gasteiger partial charge in [-0.2, -0.15) is 0 Å². The van der Waals surface area contributed by atoms with E-state index >= 15 is 0 Å². The summed E-state index contributed by atoms with van der Waals surface area (Å²) in [7, 11) is 0. The second-order valence-electron chi connectivity index (χ2n) is 8.37. The van der Waals surface area contributed by atoms with Crippen molar-refractivity contribution in [1.82, 2.24) is 10.2 Å². The molecule has 1 aliphatic rings. The van der Waals surface area contributed by atoms with Gasteiger partial charge in [0.25, 0.3) is 0 Å². The third-order valence-corrected chi connectivity index (χ3v) is 5.52. The third kappa shape index (κ3) is 4.71. The Kier molecular flexibility index (Phi) is 6.35. The zero-order valence-electron chi connectivity index (χ0n) is 17.0. The normalized spacial score (nSPS) is 21.7. The summed E-state index contributed by atoms with van der Waals surface area (Å²) in [5, 5.41) is 5.71. The van der Waals surface area contributed by atoms with Gasteiger partial charge in [0.2, 0.25) is 11.8 Å². The number of amides is 2. The highest BCUT2D eigenvalue weighted by Gasteiger charge is 2.35. The van der Waals surface area contributed by atoms with E-state index in [4.69, 9.17) is 5.73 Å². The third-order valence-electron chi connectivity index (χ3n) is 5.52. The quantitative estimate of drug-likeness (QED) is 0.808. The molecule has 1 fully saturated rings. The molecule has 0 aliphatic carbocycles. The predicted molar refractivity (Wildman–Crippen MR) is 113 cm³/mol. The summed E-state index contributed by atoms with van der Waals surface area (Å²) >= 11 is 0. The first-order chi connectivity index (χ1) is 13.3. The number of rotatable bonds is 6. The van der Waals surface area contributed by atoms with Crippen LogP contribution in [0.1, 0.15) is 39.2 Å². The molecule has 3 rings (SSSR count). The zero-order chi connectivity index (χ0) is 20.3. The number of nitrogens with two attached hydrogens (primary N) is 1. The van der Waals surface area contributed by atoms with Crippen LogP contribution >= 0.6 is 0 Å². The molecular weight excluding hydrogens is 350 g/mol. The standard InChI is InChI=1S/C23H31N3O2/c1-15(2)12-20-23(28)26(11-10-16(3)25-20)21(22(24)27)14-17-8-9-18-6-4-5-7-19(18)13-17/h4-9,13,15-16,20-21,25H,10-12,14H2,1-3H3,(H2,24,27)/t16-,20+,21+/m1/s1. The summed E-state index contributed by atoms with van der Waals surface area (Å²) < 4.78 is 0. The van der Waals surface area contributed by atoms with Crippen LogP contribution in [-0.2, 0) is 16.0 Å². The van der Waals surface area contributed by atoms with Crippen LogP contribution in [0.15, 0.2) is 42.5 Å². The Labute approximate surface area is 167 Å². The Hall–Kier alpha value is -2.40. The first-order valence-corrected chi connectivity index (χ1v) is 10.2. The van der Waals surface area contributed by atoms with Crippen LogP contribution in [0, 0.1) is 5.92 Å². The molecule has 1 saturated heterocycles. The number of nitrogens with one attached hydrogen (secondary N) is 1. The lowest BCUT2D eigenvalue weighted by Gasteiger charge is -2.31. The highest BCUT2D eigenvalue weighted by atomic mass is 16.2. The van der Waals surface area contributed by atoms with Gasteiger partial charge in [-0.25, -0.2) is 0 Å². The Morgan fingerprint density at radius 1 is 1.21 bits per heavy atom. The van der Waals surface area contributed by atoms with E-state index in [1.807, 2.05) is 18.2 Å². The summed E-state index contributed by atoms with van der Waals surface area (Å²) in [6, 6.07) is 13.6. The lowest BCUT2D eigenvalue weighted by molar-refractivity contribution is -0.140. The topological polar surface area (TPSA) is 75.4 Å². The Morgan fingerprint density at radius 2 is 1.93 bits per heavy atom. The van der Waals surface area contributed by atoms with Crippen molar-refractivity contribution in [2.45, 2.75) is 58.2 Å². The molecule has 0 unspecified atom stereocenters. The maximum absolute atomic E-state index is 13.2. The number of nitrogens with zero attached hydrogens (tertiary/aromatic N) is 1. The maximum Gasteiger partial charge on any atom is 0.240 e. The molecule has 2 amide bonds. The summed E-state index contributed by atoms with van der Waals surface area (Å²) in [6.07, 6.45) is 2.00. The fourth-order valence-electron chi connectivity index (χ4n) is 4.04. The van der Waals surface area contributed by atoms with Gasteiger partial charge in [-0.3, -0.25) is 9.59 Å². The number of carbonyl (C=O) groups is 2. The smallest absolute Gasteiger partial charge is 0.240 e. The van der Waals surface area contributed by atoms with Crippen LogP contribution in [-0.4, -0.2) is 41.4 Å². The number of hydrogen-bond acceptors (Lipinski definition) is 3. The van der Waals surface area contributed by atoms with Crippen LogP contribution in [0.25, 0.3) is 10.8 Å². The van der Waals surface area contributed by atoms with Gasteiger partial charge < -0.3 is 16.0 Å². The molecular formula is C23H31N3O2. The van der Waals surface area contributed by atoms with Crippen molar-refractivity contribution in [2.75, 3.05) is 6.54 Å². The molecule has 0 spiro atoms. The number of primary amides is 1. The summed E-state index contributed by atoms with van der Waals surface area (Å²) in [5.41, 5.74) is 6.78. The minimum Gasteiger partial charge on any atom is -0.368 e. The van der Waals surface area contributed by atoms with E-state index in [1.54, 1.807) is 4.90 Å². The van der Waals surface area contributed by atoms with E-state index in [9.17, 15) is 9.59 Å². The molecule has 0 bridgehead atoms. The van der Waals surface area contributed by atoms with Gasteiger partial charge in [-0.15, -0.1) is 0 Å². The lowest BCUT2D eigenvalue weighted by Crippen LogP contribution is -2.53. The second-order valence-corrected chi connectivity index (χ2v) is 8.37. The monoisotopic (exact) mass is 381 g/mol. The maximum atomic E-state index is 13.2. The minimum absolute atomic E-state index is 0.0114. The van der Waals surface area contributed by atoms with E-state index in [0.717, 1.165) is 29.2 Å². The van der Waals surface area contributed by atoms with Crippen molar-refractivity contribution in [3.05, 3.63) is 48.0 Å². The number of hydrogen-bond donors (Lipinski definition) is 2. The summed E-state index contributed by atoms with van der Waals surface area (Å²) in [5.74, 6) is -0.0666. The van der Waals surface area contributed by atoms with Crippen molar-refractivity contribution in [3.8, 4) is 0 Å². The molecule has 5 nitrogen and oxygen atoms in total. The van der Waals surface area contributed by atoms with Gasteiger partial charge in [-0.05, 0) is 42.0 Å². The molecule has 28 heavy (non-hydrogen) atoms. The van der Waals surface area contributed by atoms with E-state index in [2.05, 4.69) is 50.4 Å². The van der Waals surface area contributed by atoms with Crippen molar-refractivity contribution in [3.63, 3.8) is 0 Å². The van der Waals surface area contributed by atoms with Crippen LogP contribution in [0.2, 0.25) is 0 Å². The molecule has 0 saturated carbocycles. The molecule has 0 radical (unpaired) electrons. The van der Waals surface area contributed by atoms with Crippen molar-refractivity contribution in [1.29, 1.82) is 0 Å². The SMILES string of the molecule is CC(C)C[C@@H]1N[C@H](C)CCN([C@@H](Cc2ccc3ccccc3c2)C(N)=O)C1=O. The van der Waals surface area contributed by atoms with Gasteiger partial charge >= 0.3 is 0 Å². The van der Waals surface area contributed by atoms with Crippen LogP contribution < -0.4 is 11.1 Å². The van der Waals surface area contributed by atoms with E-state index in [0.29, 0.717) is 18.9 Å². The van der Waals surface area contributed by atoms with Gasteiger partial charge in [0.05, 0.1) is 6.04 Å². The molecule has 2 aromatic carbocycles. The van der Waals surface area contributed by atoms with Crippen molar-refractivity contribution < 1.29 is 9.59 Å². The van der Waals surface area contributed by atoms with Gasteiger partial charge in [0.15, 0.2) is 0 Å². The van der Waals surface area contributed by atoms with Crippen LogP contribution in [0.3, 0.4) is 0 Å². The first-order valence-electron chi connectivity index (χ1n) is 10.2. The molecule has 150 valence electrons. The van der Waals surface area contributed by atoms with Gasteiger partial charge in [0.1, 0.15) is 6.04 Å². The highest BCUT2D eigenvalue weighted by molar-refractivity contribution is 5.90. The molecule has 2 aromatic rings. The average Bonchev–Trinajstić information content (AvgIpc) is 2.78. The molecule has 0 aromatic heterocycles. The number of fused-ring (bicyclic) bond motifs is 1. The van der Waals surface area contributed by atoms with E-state index < -0.39 is 11.9 Å². The van der Waals surface area contributed by atoms with Crippen LogP contribution in [0.5, 0.6) is 0 Å². The fraction of sp³-hybridized carbons (Fsp3) is 0.478. The van der Waals surface area contributed by atoms with E-state index in [1.165, 1.54) is 0 Å². The minimum atomic E-state index is -0.629. The molecule has 3 atom stereocenters. The van der Waals surface area contributed by atoms with Gasteiger partial charge in [0, 0.05) is 19.0 Å². The van der Waals surface area contributed by atoms with E-state index in [-0.39, 0.29) is 18.0 Å².